The van der Waals surface area contributed by atoms with Crippen LogP contribution in [0.15, 0.2) is 48.5 Å². The van der Waals surface area contributed by atoms with Crippen LogP contribution in [0.1, 0.15) is 22.0 Å². The zero-order valence-corrected chi connectivity index (χ0v) is 16.1. The van der Waals surface area contributed by atoms with E-state index in [-0.39, 0.29) is 30.3 Å². The van der Waals surface area contributed by atoms with Crippen LogP contribution < -0.4 is 5.32 Å². The number of ether oxygens (including phenoxy) is 1. The fourth-order valence-corrected chi connectivity index (χ4v) is 3.40. The molecule has 1 saturated heterocycles. The second kappa shape index (κ2) is 8.59. The van der Waals surface area contributed by atoms with Gasteiger partial charge >= 0.3 is 0 Å². The number of benzene rings is 2. The van der Waals surface area contributed by atoms with Gasteiger partial charge in [0.25, 0.3) is 5.91 Å². The van der Waals surface area contributed by atoms with Crippen molar-refractivity contribution in [2.75, 3.05) is 26.2 Å². The van der Waals surface area contributed by atoms with Crippen LogP contribution >= 0.6 is 22.6 Å². The van der Waals surface area contributed by atoms with Crippen LogP contribution in [-0.4, -0.2) is 43.0 Å². The molecule has 0 aromatic heterocycles. The highest BCUT2D eigenvalue weighted by Crippen LogP contribution is 2.22. The van der Waals surface area contributed by atoms with E-state index >= 15 is 0 Å². The highest BCUT2D eigenvalue weighted by molar-refractivity contribution is 14.1. The molecule has 0 radical (unpaired) electrons. The molecule has 0 bridgehead atoms. The minimum Gasteiger partial charge on any atom is -0.370 e. The summed E-state index contributed by atoms with van der Waals surface area (Å²) in [5.41, 5.74) is 1.37. The van der Waals surface area contributed by atoms with Crippen LogP contribution in [0.5, 0.6) is 0 Å². The van der Waals surface area contributed by atoms with Crippen molar-refractivity contribution >= 4 is 34.4 Å². The van der Waals surface area contributed by atoms with E-state index in [0.717, 1.165) is 9.13 Å². The van der Waals surface area contributed by atoms with Gasteiger partial charge in [-0.1, -0.05) is 24.3 Å². The predicted molar refractivity (Wildman–Crippen MR) is 103 cm³/mol. The van der Waals surface area contributed by atoms with E-state index in [0.29, 0.717) is 25.3 Å². The van der Waals surface area contributed by atoms with Crippen LogP contribution in [0, 0.1) is 9.39 Å². The molecule has 2 aromatic rings. The van der Waals surface area contributed by atoms with Gasteiger partial charge in [0.1, 0.15) is 11.9 Å². The van der Waals surface area contributed by atoms with Gasteiger partial charge in [0, 0.05) is 10.1 Å². The van der Waals surface area contributed by atoms with Gasteiger partial charge in [-0.3, -0.25) is 9.59 Å². The first-order chi connectivity index (χ1) is 12.5. The Kier molecular flexibility index (Phi) is 6.20. The van der Waals surface area contributed by atoms with Crippen molar-refractivity contribution in [3.63, 3.8) is 0 Å². The number of hydrogen-bond donors (Lipinski definition) is 1. The topological polar surface area (TPSA) is 58.6 Å². The van der Waals surface area contributed by atoms with Crippen molar-refractivity contribution in [2.45, 2.75) is 6.10 Å². The number of halogens is 2. The second-order valence-corrected chi connectivity index (χ2v) is 7.08. The summed E-state index contributed by atoms with van der Waals surface area (Å²) in [6.07, 6.45) is -0.293. The summed E-state index contributed by atoms with van der Waals surface area (Å²) in [6.45, 7) is 1.18. The first-order valence-electron chi connectivity index (χ1n) is 8.22. The number of nitrogens with one attached hydrogen (secondary N) is 1. The van der Waals surface area contributed by atoms with Gasteiger partial charge in [-0.15, -0.1) is 0 Å². The number of carbonyl (C=O) groups excluding carboxylic acids is 2. The summed E-state index contributed by atoms with van der Waals surface area (Å²) in [6, 6.07) is 13.3. The smallest absolute Gasteiger partial charge is 0.252 e. The maximum Gasteiger partial charge on any atom is 0.252 e. The third-order valence-corrected chi connectivity index (χ3v) is 5.12. The van der Waals surface area contributed by atoms with Crippen LogP contribution in [0.3, 0.4) is 0 Å². The van der Waals surface area contributed by atoms with Crippen LogP contribution in [0.4, 0.5) is 4.39 Å². The molecule has 1 N–H and O–H groups in total. The Morgan fingerprint density at radius 2 is 1.92 bits per heavy atom. The van der Waals surface area contributed by atoms with E-state index in [1.165, 1.54) is 12.1 Å². The summed E-state index contributed by atoms with van der Waals surface area (Å²) in [7, 11) is 0. The van der Waals surface area contributed by atoms with E-state index in [4.69, 9.17) is 4.74 Å². The first kappa shape index (κ1) is 18.8. The van der Waals surface area contributed by atoms with E-state index < -0.39 is 0 Å². The lowest BCUT2D eigenvalue weighted by atomic mass is 10.1. The number of nitrogens with zero attached hydrogens (tertiary/aromatic N) is 1. The molecule has 1 atom stereocenters. The molecule has 7 heteroatoms. The fourth-order valence-electron chi connectivity index (χ4n) is 2.76. The molecule has 3 rings (SSSR count). The third-order valence-electron chi connectivity index (χ3n) is 4.18. The molecular formula is C19H18FIN2O3. The lowest BCUT2D eigenvalue weighted by Gasteiger charge is -2.33. The molecule has 1 aliphatic rings. The van der Waals surface area contributed by atoms with Crippen LogP contribution in [0.25, 0.3) is 0 Å². The average Bonchev–Trinajstić information content (AvgIpc) is 2.67. The maximum atomic E-state index is 13.1. The molecule has 26 heavy (non-hydrogen) atoms. The highest BCUT2D eigenvalue weighted by Gasteiger charge is 2.25. The summed E-state index contributed by atoms with van der Waals surface area (Å²) >= 11 is 2.09. The molecule has 0 spiro atoms. The van der Waals surface area contributed by atoms with Gasteiger partial charge in [-0.05, 0) is 52.4 Å². The first-order valence-corrected chi connectivity index (χ1v) is 9.30. The van der Waals surface area contributed by atoms with Crippen molar-refractivity contribution in [3.8, 4) is 0 Å². The van der Waals surface area contributed by atoms with E-state index in [9.17, 15) is 14.0 Å². The molecule has 1 fully saturated rings. The molecular weight excluding hydrogens is 450 g/mol. The predicted octanol–water partition coefficient (Wildman–Crippen LogP) is 2.76. The monoisotopic (exact) mass is 468 g/mol. The van der Waals surface area contributed by atoms with Crippen molar-refractivity contribution in [1.29, 1.82) is 0 Å². The van der Waals surface area contributed by atoms with E-state index in [1.807, 2.05) is 12.1 Å². The van der Waals surface area contributed by atoms with E-state index in [1.54, 1.807) is 29.2 Å². The minimum atomic E-state index is -0.309. The Labute approximate surface area is 164 Å². The SMILES string of the molecule is O=C(NCC(=O)N1CCOC(c2ccc(F)cc2)C1)c1ccccc1I. The Morgan fingerprint density at radius 1 is 1.19 bits per heavy atom. The van der Waals surface area contributed by atoms with Crippen LogP contribution in [-0.2, 0) is 9.53 Å². The minimum absolute atomic E-state index is 0.0695. The second-order valence-electron chi connectivity index (χ2n) is 5.91. The van der Waals surface area contributed by atoms with Crippen molar-refractivity contribution in [3.05, 3.63) is 69.0 Å². The highest BCUT2D eigenvalue weighted by atomic mass is 127. The molecule has 1 aliphatic heterocycles. The normalized spacial score (nSPS) is 17.0. The number of amides is 2. The standard InChI is InChI=1S/C19H18FIN2O3/c20-14-7-5-13(6-8-14)17-12-23(9-10-26-17)18(24)11-22-19(25)15-3-1-2-4-16(15)21/h1-8,17H,9-12H2,(H,22,25). The van der Waals surface area contributed by atoms with Gasteiger partial charge in [-0.25, -0.2) is 4.39 Å². The number of morpholine rings is 1. The quantitative estimate of drug-likeness (QED) is 0.703. The molecule has 5 nitrogen and oxygen atoms in total. The van der Waals surface area contributed by atoms with Crippen molar-refractivity contribution in [2.24, 2.45) is 0 Å². The fraction of sp³-hybridized carbons (Fsp3) is 0.263. The lowest BCUT2D eigenvalue weighted by molar-refractivity contribution is -0.137. The summed E-state index contributed by atoms with van der Waals surface area (Å²) in [5.74, 6) is -0.748. The maximum absolute atomic E-state index is 13.1. The number of rotatable bonds is 4. The van der Waals surface area contributed by atoms with Gasteiger partial charge in [0.2, 0.25) is 5.91 Å². The number of carbonyl (C=O) groups is 2. The number of hydrogen-bond acceptors (Lipinski definition) is 3. The molecule has 2 amide bonds. The molecule has 0 aliphatic carbocycles. The van der Waals surface area contributed by atoms with Gasteiger partial charge < -0.3 is 15.0 Å². The molecule has 2 aromatic carbocycles. The van der Waals surface area contributed by atoms with Gasteiger partial charge in [-0.2, -0.15) is 0 Å². The Morgan fingerprint density at radius 3 is 2.65 bits per heavy atom. The zero-order chi connectivity index (χ0) is 18.5. The Balaban J connectivity index is 1.57. The Hall–Kier alpha value is -2.00. The largest absolute Gasteiger partial charge is 0.370 e. The lowest BCUT2D eigenvalue weighted by Crippen LogP contribution is -2.46. The van der Waals surface area contributed by atoms with E-state index in [2.05, 4.69) is 27.9 Å². The van der Waals surface area contributed by atoms with Gasteiger partial charge in [0.05, 0.1) is 25.3 Å². The molecule has 1 heterocycles. The average molecular weight is 468 g/mol. The summed E-state index contributed by atoms with van der Waals surface area (Å²) < 4.78 is 19.6. The van der Waals surface area contributed by atoms with Crippen molar-refractivity contribution in [1.82, 2.24) is 10.2 Å². The third kappa shape index (κ3) is 4.59. The molecule has 0 saturated carbocycles. The zero-order valence-electron chi connectivity index (χ0n) is 14.0. The van der Waals surface area contributed by atoms with Crippen molar-refractivity contribution < 1.29 is 18.7 Å². The summed E-state index contributed by atoms with van der Waals surface area (Å²) in [4.78, 5) is 26.3. The van der Waals surface area contributed by atoms with Gasteiger partial charge in [0.15, 0.2) is 0 Å². The molecule has 1 unspecified atom stereocenters. The Bertz CT molecular complexity index is 798. The van der Waals surface area contributed by atoms with Crippen LogP contribution in [0.2, 0.25) is 0 Å². The summed E-state index contributed by atoms with van der Waals surface area (Å²) in [5, 5.41) is 2.67. The molecule has 136 valence electrons.